The van der Waals surface area contributed by atoms with Crippen molar-refractivity contribution >= 4 is 0 Å². The zero-order valence-electron chi connectivity index (χ0n) is 13.5. The van der Waals surface area contributed by atoms with Crippen LogP contribution in [0.5, 0.6) is 11.5 Å². The van der Waals surface area contributed by atoms with E-state index in [1.54, 1.807) is 14.2 Å². The molecular formula is C20H24O2. The molecule has 0 unspecified atom stereocenters. The second-order valence-electron chi connectivity index (χ2n) is 6.08. The molecule has 0 heterocycles. The molecule has 0 saturated heterocycles. The van der Waals surface area contributed by atoms with Gasteiger partial charge in [0.2, 0.25) is 0 Å². The fraction of sp³-hybridized carbons (Fsp3) is 0.400. The van der Waals surface area contributed by atoms with E-state index in [1.807, 2.05) is 6.07 Å². The summed E-state index contributed by atoms with van der Waals surface area (Å²) < 4.78 is 10.9. The van der Waals surface area contributed by atoms with E-state index in [9.17, 15) is 0 Å². The van der Waals surface area contributed by atoms with Gasteiger partial charge in [-0.05, 0) is 36.1 Å². The maximum absolute atomic E-state index is 5.52. The van der Waals surface area contributed by atoms with Gasteiger partial charge in [0.1, 0.15) is 0 Å². The topological polar surface area (TPSA) is 18.5 Å². The summed E-state index contributed by atoms with van der Waals surface area (Å²) in [6.07, 6.45) is 6.30. The van der Waals surface area contributed by atoms with Crippen LogP contribution in [0.3, 0.4) is 0 Å². The Morgan fingerprint density at radius 1 is 0.727 bits per heavy atom. The summed E-state index contributed by atoms with van der Waals surface area (Å²) in [5.74, 6) is 1.62. The first-order valence-electron chi connectivity index (χ1n) is 8.08. The molecule has 1 saturated carbocycles. The molecule has 1 aliphatic rings. The lowest BCUT2D eigenvalue weighted by Crippen LogP contribution is -2.30. The Labute approximate surface area is 133 Å². The van der Waals surface area contributed by atoms with E-state index in [4.69, 9.17) is 9.47 Å². The second-order valence-corrected chi connectivity index (χ2v) is 6.08. The van der Waals surface area contributed by atoms with Gasteiger partial charge in [0.25, 0.3) is 0 Å². The van der Waals surface area contributed by atoms with E-state index in [0.29, 0.717) is 0 Å². The highest BCUT2D eigenvalue weighted by Gasteiger charge is 2.36. The van der Waals surface area contributed by atoms with Crippen LogP contribution in [0.4, 0.5) is 0 Å². The molecule has 0 amide bonds. The van der Waals surface area contributed by atoms with E-state index in [0.717, 1.165) is 11.5 Å². The highest BCUT2D eigenvalue weighted by molar-refractivity contribution is 5.49. The number of hydrogen-bond acceptors (Lipinski definition) is 2. The molecule has 0 radical (unpaired) electrons. The van der Waals surface area contributed by atoms with Crippen molar-refractivity contribution in [2.75, 3.05) is 14.2 Å². The van der Waals surface area contributed by atoms with Gasteiger partial charge < -0.3 is 9.47 Å². The van der Waals surface area contributed by atoms with Gasteiger partial charge in [0.05, 0.1) is 14.2 Å². The summed E-state index contributed by atoms with van der Waals surface area (Å²) in [6, 6.07) is 17.3. The molecule has 3 rings (SSSR count). The average Bonchev–Trinajstić information content (AvgIpc) is 2.62. The fourth-order valence-corrected chi connectivity index (χ4v) is 3.79. The van der Waals surface area contributed by atoms with Gasteiger partial charge in [0, 0.05) is 5.41 Å². The second kappa shape index (κ2) is 6.43. The van der Waals surface area contributed by atoms with Crippen LogP contribution in [-0.2, 0) is 5.41 Å². The van der Waals surface area contributed by atoms with Crippen molar-refractivity contribution in [3.05, 3.63) is 59.7 Å². The SMILES string of the molecule is COc1ccc(C2(c3ccccc3)CCCCC2)cc1OC. The van der Waals surface area contributed by atoms with Gasteiger partial charge in [-0.3, -0.25) is 0 Å². The third kappa shape index (κ3) is 2.58. The quantitative estimate of drug-likeness (QED) is 0.794. The summed E-state index contributed by atoms with van der Waals surface area (Å²) in [7, 11) is 3.39. The summed E-state index contributed by atoms with van der Waals surface area (Å²) in [5.41, 5.74) is 2.87. The van der Waals surface area contributed by atoms with Crippen molar-refractivity contribution in [3.8, 4) is 11.5 Å². The van der Waals surface area contributed by atoms with E-state index in [1.165, 1.54) is 43.2 Å². The normalized spacial score (nSPS) is 17.0. The van der Waals surface area contributed by atoms with Crippen molar-refractivity contribution in [2.45, 2.75) is 37.5 Å². The van der Waals surface area contributed by atoms with E-state index in [-0.39, 0.29) is 5.41 Å². The average molecular weight is 296 g/mol. The largest absolute Gasteiger partial charge is 0.493 e. The maximum Gasteiger partial charge on any atom is 0.161 e. The first-order chi connectivity index (χ1) is 10.8. The predicted molar refractivity (Wildman–Crippen MR) is 89.9 cm³/mol. The Kier molecular flexibility index (Phi) is 4.37. The number of rotatable bonds is 4. The van der Waals surface area contributed by atoms with E-state index in [2.05, 4.69) is 42.5 Å². The first-order valence-corrected chi connectivity index (χ1v) is 8.08. The first kappa shape index (κ1) is 15.0. The van der Waals surface area contributed by atoms with Gasteiger partial charge in [-0.25, -0.2) is 0 Å². The maximum atomic E-state index is 5.52. The van der Waals surface area contributed by atoms with Gasteiger partial charge in [-0.15, -0.1) is 0 Å². The highest BCUT2D eigenvalue weighted by Crippen LogP contribution is 2.46. The Bertz CT molecular complexity index is 613. The van der Waals surface area contributed by atoms with Crippen LogP contribution in [0, 0.1) is 0 Å². The van der Waals surface area contributed by atoms with E-state index >= 15 is 0 Å². The van der Waals surface area contributed by atoms with Crippen molar-refractivity contribution < 1.29 is 9.47 Å². The molecule has 116 valence electrons. The molecule has 0 N–H and O–H groups in total. The highest BCUT2D eigenvalue weighted by atomic mass is 16.5. The molecule has 2 aromatic carbocycles. The van der Waals surface area contributed by atoms with Gasteiger partial charge in [-0.1, -0.05) is 55.7 Å². The Balaban J connectivity index is 2.10. The Morgan fingerprint density at radius 2 is 1.41 bits per heavy atom. The zero-order chi connectivity index (χ0) is 15.4. The summed E-state index contributed by atoms with van der Waals surface area (Å²) >= 11 is 0. The van der Waals surface area contributed by atoms with Crippen LogP contribution in [0.25, 0.3) is 0 Å². The standard InChI is InChI=1S/C20H24O2/c1-21-18-12-11-17(15-19(18)22-2)20(13-7-4-8-14-20)16-9-5-3-6-10-16/h3,5-6,9-12,15H,4,7-8,13-14H2,1-2H3. The van der Waals surface area contributed by atoms with Crippen LogP contribution in [0.1, 0.15) is 43.2 Å². The van der Waals surface area contributed by atoms with Gasteiger partial charge in [0.15, 0.2) is 11.5 Å². The molecule has 1 aliphatic carbocycles. The molecule has 22 heavy (non-hydrogen) atoms. The van der Waals surface area contributed by atoms with E-state index < -0.39 is 0 Å². The summed E-state index contributed by atoms with van der Waals surface area (Å²) in [6.45, 7) is 0. The number of ether oxygens (including phenoxy) is 2. The number of hydrogen-bond donors (Lipinski definition) is 0. The minimum atomic E-state index is 0.110. The molecular weight excluding hydrogens is 272 g/mol. The van der Waals surface area contributed by atoms with Crippen LogP contribution in [-0.4, -0.2) is 14.2 Å². The Morgan fingerprint density at radius 3 is 2.05 bits per heavy atom. The van der Waals surface area contributed by atoms with Crippen LogP contribution in [0.2, 0.25) is 0 Å². The minimum absolute atomic E-state index is 0.110. The van der Waals surface area contributed by atoms with Crippen LogP contribution in [0.15, 0.2) is 48.5 Å². The molecule has 2 heteroatoms. The minimum Gasteiger partial charge on any atom is -0.493 e. The van der Waals surface area contributed by atoms with Crippen molar-refractivity contribution in [2.24, 2.45) is 0 Å². The van der Waals surface area contributed by atoms with Gasteiger partial charge in [-0.2, -0.15) is 0 Å². The molecule has 1 fully saturated rings. The smallest absolute Gasteiger partial charge is 0.161 e. The predicted octanol–water partition coefficient (Wildman–Crippen LogP) is 4.95. The lowest BCUT2D eigenvalue weighted by molar-refractivity contribution is 0.336. The number of benzene rings is 2. The fourth-order valence-electron chi connectivity index (χ4n) is 3.79. The van der Waals surface area contributed by atoms with Crippen molar-refractivity contribution in [1.82, 2.24) is 0 Å². The lowest BCUT2D eigenvalue weighted by Gasteiger charge is -2.39. The summed E-state index contributed by atoms with van der Waals surface area (Å²) in [4.78, 5) is 0. The third-order valence-corrected chi connectivity index (χ3v) is 4.97. The van der Waals surface area contributed by atoms with Crippen molar-refractivity contribution in [3.63, 3.8) is 0 Å². The molecule has 0 bridgehead atoms. The molecule has 2 aromatic rings. The molecule has 0 aromatic heterocycles. The van der Waals surface area contributed by atoms with Crippen LogP contribution >= 0.6 is 0 Å². The van der Waals surface area contributed by atoms with Gasteiger partial charge >= 0.3 is 0 Å². The van der Waals surface area contributed by atoms with Crippen LogP contribution < -0.4 is 9.47 Å². The lowest BCUT2D eigenvalue weighted by atomic mass is 9.65. The monoisotopic (exact) mass is 296 g/mol. The molecule has 0 spiro atoms. The van der Waals surface area contributed by atoms with Crippen molar-refractivity contribution in [1.29, 1.82) is 0 Å². The zero-order valence-corrected chi connectivity index (χ0v) is 13.5. The third-order valence-electron chi connectivity index (χ3n) is 4.97. The Hall–Kier alpha value is -1.96. The summed E-state index contributed by atoms with van der Waals surface area (Å²) in [5, 5.41) is 0. The molecule has 0 aliphatic heterocycles. The molecule has 2 nitrogen and oxygen atoms in total. The molecule has 0 atom stereocenters. The number of methoxy groups -OCH3 is 2.